The summed E-state index contributed by atoms with van der Waals surface area (Å²) in [4.78, 5) is 28.1. The Morgan fingerprint density at radius 1 is 0.963 bits per heavy atom. The van der Waals surface area contributed by atoms with Gasteiger partial charge in [0.05, 0.1) is 0 Å². The van der Waals surface area contributed by atoms with Crippen LogP contribution in [0.4, 0.5) is 11.5 Å². The van der Waals surface area contributed by atoms with Crippen molar-refractivity contribution in [2.75, 3.05) is 49.1 Å². The molecule has 0 saturated carbocycles. The molecule has 0 aliphatic carbocycles. The number of piperazine rings is 1. The molecular formula is C21H29N5O. The van der Waals surface area contributed by atoms with Crippen molar-refractivity contribution < 1.29 is 4.79 Å². The minimum Gasteiger partial charge on any atom is -0.368 e. The Balaban J connectivity index is 1.66. The Morgan fingerprint density at radius 3 is 2.30 bits per heavy atom. The van der Waals surface area contributed by atoms with Gasteiger partial charge in [0.25, 0.3) is 5.91 Å². The zero-order chi connectivity index (χ0) is 19.1. The fourth-order valence-corrected chi connectivity index (χ4v) is 3.48. The largest absolute Gasteiger partial charge is 0.368 e. The molecule has 6 heteroatoms. The molecule has 0 radical (unpaired) electrons. The van der Waals surface area contributed by atoms with Crippen molar-refractivity contribution in [3.63, 3.8) is 0 Å². The fourth-order valence-electron chi connectivity index (χ4n) is 3.48. The lowest BCUT2D eigenvalue weighted by Crippen LogP contribution is -2.47. The van der Waals surface area contributed by atoms with Crippen molar-refractivity contribution >= 4 is 17.4 Å². The zero-order valence-corrected chi connectivity index (χ0v) is 16.3. The molecule has 2 aromatic heterocycles. The highest BCUT2D eigenvalue weighted by molar-refractivity contribution is 5.93. The zero-order valence-electron chi connectivity index (χ0n) is 16.3. The van der Waals surface area contributed by atoms with Gasteiger partial charge in [-0.15, -0.1) is 0 Å². The molecule has 3 heterocycles. The van der Waals surface area contributed by atoms with Gasteiger partial charge in [-0.3, -0.25) is 9.78 Å². The van der Waals surface area contributed by atoms with Crippen molar-refractivity contribution in [1.29, 1.82) is 0 Å². The maximum Gasteiger partial charge on any atom is 0.272 e. The van der Waals surface area contributed by atoms with E-state index in [1.54, 1.807) is 6.20 Å². The highest BCUT2D eigenvalue weighted by Gasteiger charge is 2.21. The van der Waals surface area contributed by atoms with E-state index < -0.39 is 0 Å². The van der Waals surface area contributed by atoms with Crippen LogP contribution < -0.4 is 9.80 Å². The van der Waals surface area contributed by atoms with Gasteiger partial charge < -0.3 is 14.7 Å². The van der Waals surface area contributed by atoms with E-state index >= 15 is 0 Å². The van der Waals surface area contributed by atoms with Gasteiger partial charge in [-0.25, -0.2) is 4.98 Å². The Kier molecular flexibility index (Phi) is 6.63. The molecule has 3 rings (SSSR count). The number of nitrogens with zero attached hydrogens (tertiary/aromatic N) is 5. The molecule has 0 N–H and O–H groups in total. The third-order valence-corrected chi connectivity index (χ3v) is 4.85. The summed E-state index contributed by atoms with van der Waals surface area (Å²) in [6, 6.07) is 9.95. The van der Waals surface area contributed by atoms with Crippen LogP contribution in [0.5, 0.6) is 0 Å². The van der Waals surface area contributed by atoms with Gasteiger partial charge in [0.2, 0.25) is 0 Å². The average Bonchev–Trinajstić information content (AvgIpc) is 2.74. The van der Waals surface area contributed by atoms with Crippen LogP contribution in [-0.4, -0.2) is 60.0 Å². The van der Waals surface area contributed by atoms with Gasteiger partial charge in [-0.1, -0.05) is 19.9 Å². The van der Waals surface area contributed by atoms with Gasteiger partial charge in [0, 0.05) is 57.3 Å². The predicted octanol–water partition coefficient (Wildman–Crippen LogP) is 3.07. The molecule has 0 unspecified atom stereocenters. The minimum atomic E-state index is 0.0349. The topological polar surface area (TPSA) is 52.6 Å². The molecule has 27 heavy (non-hydrogen) atoms. The standard InChI is InChI=1S/C21H29N5O/c1-3-11-26(12-4-2)21(27)19-17-18(8-10-22-19)24-13-15-25(16-14-24)20-7-5-6-9-23-20/h5-10,17H,3-4,11-16H2,1-2H3. The Labute approximate surface area is 161 Å². The second kappa shape index (κ2) is 9.35. The lowest BCUT2D eigenvalue weighted by atomic mass is 10.2. The van der Waals surface area contributed by atoms with E-state index in [1.165, 1.54) is 0 Å². The normalized spacial score (nSPS) is 14.3. The van der Waals surface area contributed by atoms with Crippen LogP contribution in [0, 0.1) is 0 Å². The summed E-state index contributed by atoms with van der Waals surface area (Å²) in [5.74, 6) is 1.06. The van der Waals surface area contributed by atoms with Gasteiger partial charge in [-0.2, -0.15) is 0 Å². The molecule has 1 fully saturated rings. The first kappa shape index (κ1) is 19.1. The second-order valence-corrected chi connectivity index (χ2v) is 6.85. The van der Waals surface area contributed by atoms with Crippen LogP contribution in [-0.2, 0) is 0 Å². The van der Waals surface area contributed by atoms with Crippen LogP contribution >= 0.6 is 0 Å². The quantitative estimate of drug-likeness (QED) is 0.753. The van der Waals surface area contributed by atoms with Crippen molar-refractivity contribution in [1.82, 2.24) is 14.9 Å². The summed E-state index contributed by atoms with van der Waals surface area (Å²) in [6.07, 6.45) is 5.51. The molecule has 0 bridgehead atoms. The number of carbonyl (C=O) groups is 1. The molecule has 0 atom stereocenters. The maximum absolute atomic E-state index is 12.8. The molecule has 0 spiro atoms. The number of hydrogen-bond acceptors (Lipinski definition) is 5. The van der Waals surface area contributed by atoms with E-state index in [9.17, 15) is 4.79 Å². The van der Waals surface area contributed by atoms with Crippen LogP contribution in [0.2, 0.25) is 0 Å². The Morgan fingerprint density at radius 2 is 1.67 bits per heavy atom. The number of anilines is 2. The number of aromatic nitrogens is 2. The van der Waals surface area contributed by atoms with Gasteiger partial charge >= 0.3 is 0 Å². The van der Waals surface area contributed by atoms with Crippen molar-refractivity contribution in [3.8, 4) is 0 Å². The summed E-state index contributed by atoms with van der Waals surface area (Å²) in [5.41, 5.74) is 1.61. The third-order valence-electron chi connectivity index (χ3n) is 4.85. The van der Waals surface area contributed by atoms with Crippen molar-refractivity contribution in [2.45, 2.75) is 26.7 Å². The predicted molar refractivity (Wildman–Crippen MR) is 109 cm³/mol. The van der Waals surface area contributed by atoms with Crippen LogP contribution in [0.25, 0.3) is 0 Å². The molecule has 6 nitrogen and oxygen atoms in total. The lowest BCUT2D eigenvalue weighted by molar-refractivity contribution is 0.0749. The molecule has 1 amide bonds. The molecule has 1 saturated heterocycles. The van der Waals surface area contributed by atoms with E-state index in [0.717, 1.165) is 63.6 Å². The van der Waals surface area contributed by atoms with E-state index in [2.05, 4.69) is 39.7 Å². The van der Waals surface area contributed by atoms with Crippen LogP contribution in [0.15, 0.2) is 42.7 Å². The van der Waals surface area contributed by atoms with E-state index in [-0.39, 0.29) is 5.91 Å². The molecular weight excluding hydrogens is 338 g/mol. The average molecular weight is 367 g/mol. The summed E-state index contributed by atoms with van der Waals surface area (Å²) in [6.45, 7) is 9.40. The molecule has 1 aliphatic rings. The second-order valence-electron chi connectivity index (χ2n) is 6.85. The first-order chi connectivity index (χ1) is 13.2. The van der Waals surface area contributed by atoms with E-state index in [0.29, 0.717) is 5.69 Å². The Bertz CT molecular complexity index is 722. The summed E-state index contributed by atoms with van der Waals surface area (Å²) < 4.78 is 0. The highest BCUT2D eigenvalue weighted by Crippen LogP contribution is 2.20. The smallest absolute Gasteiger partial charge is 0.272 e. The number of carbonyl (C=O) groups excluding carboxylic acids is 1. The monoisotopic (exact) mass is 367 g/mol. The molecule has 0 aromatic carbocycles. The van der Waals surface area contributed by atoms with Gasteiger partial charge in [-0.05, 0) is 37.1 Å². The van der Waals surface area contributed by atoms with Crippen LogP contribution in [0.3, 0.4) is 0 Å². The molecule has 2 aromatic rings. The maximum atomic E-state index is 12.8. The number of amides is 1. The SMILES string of the molecule is CCCN(CCC)C(=O)c1cc(N2CCN(c3ccccn3)CC2)ccn1. The lowest BCUT2D eigenvalue weighted by Gasteiger charge is -2.36. The van der Waals surface area contributed by atoms with Crippen LogP contribution in [0.1, 0.15) is 37.2 Å². The van der Waals surface area contributed by atoms with E-state index in [1.807, 2.05) is 35.4 Å². The number of pyridine rings is 2. The first-order valence-electron chi connectivity index (χ1n) is 9.89. The van der Waals surface area contributed by atoms with Gasteiger partial charge in [0.1, 0.15) is 11.5 Å². The third kappa shape index (κ3) is 4.76. The summed E-state index contributed by atoms with van der Waals surface area (Å²) in [5, 5.41) is 0. The highest BCUT2D eigenvalue weighted by atomic mass is 16.2. The molecule has 1 aliphatic heterocycles. The Hall–Kier alpha value is -2.63. The summed E-state index contributed by atoms with van der Waals surface area (Å²) >= 11 is 0. The van der Waals surface area contributed by atoms with Crippen molar-refractivity contribution in [2.24, 2.45) is 0 Å². The van der Waals surface area contributed by atoms with Crippen molar-refractivity contribution in [3.05, 3.63) is 48.4 Å². The minimum absolute atomic E-state index is 0.0349. The molecule has 144 valence electrons. The van der Waals surface area contributed by atoms with E-state index in [4.69, 9.17) is 0 Å². The summed E-state index contributed by atoms with van der Waals surface area (Å²) in [7, 11) is 0. The van der Waals surface area contributed by atoms with Gasteiger partial charge in [0.15, 0.2) is 0 Å². The fraction of sp³-hybridized carbons (Fsp3) is 0.476. The first-order valence-corrected chi connectivity index (χ1v) is 9.89. The number of hydrogen-bond donors (Lipinski definition) is 0. The number of rotatable bonds is 7.